The van der Waals surface area contributed by atoms with E-state index in [0.29, 0.717) is 4.57 Å². The first kappa shape index (κ1) is 21.5. The van der Waals surface area contributed by atoms with Crippen molar-refractivity contribution < 1.29 is 18.7 Å². The maximum Gasteiger partial charge on any atom is 0.338 e. The maximum atomic E-state index is 14.5. The second-order valence-corrected chi connectivity index (χ2v) is 6.34. The maximum absolute atomic E-state index is 14.5. The smallest absolute Gasteiger partial charge is 0.338 e. The minimum atomic E-state index is -0.997. The Morgan fingerprint density at radius 2 is 1.79 bits per heavy atom. The molecule has 2 aromatic rings. The van der Waals surface area contributed by atoms with E-state index < -0.39 is 41.3 Å². The molecule has 1 aromatic carbocycles. The number of aromatic nitrogens is 3. The Labute approximate surface area is 167 Å². The van der Waals surface area contributed by atoms with Crippen LogP contribution in [0, 0.1) is 10.6 Å². The minimum Gasteiger partial charge on any atom is -0.465 e. The molecule has 9 nitrogen and oxygen atoms in total. The first-order chi connectivity index (χ1) is 13.1. The highest BCUT2D eigenvalue weighted by atomic mass is 35.5. The van der Waals surface area contributed by atoms with E-state index >= 15 is 0 Å². The SMILES string of the molecule is CCOC(=O)CNC(=O)c1cc(-n2c(=O)n(C)c(=S)n(C)c2=O)c(F)cc1Cl. The van der Waals surface area contributed by atoms with Crippen LogP contribution in [0.25, 0.3) is 5.69 Å². The third kappa shape index (κ3) is 4.04. The summed E-state index contributed by atoms with van der Waals surface area (Å²) in [5.74, 6) is -2.48. The van der Waals surface area contributed by atoms with Crippen LogP contribution in [0.4, 0.5) is 4.39 Å². The molecule has 0 saturated heterocycles. The molecule has 0 atom stereocenters. The lowest BCUT2D eigenvalue weighted by molar-refractivity contribution is -0.141. The van der Waals surface area contributed by atoms with Crippen molar-refractivity contribution in [3.63, 3.8) is 0 Å². The fraction of sp³-hybridized carbons (Fsp3) is 0.312. The molecule has 1 amide bonds. The second kappa shape index (κ2) is 8.48. The van der Waals surface area contributed by atoms with E-state index in [1.54, 1.807) is 6.92 Å². The minimum absolute atomic E-state index is 0.0620. The van der Waals surface area contributed by atoms with E-state index in [1.807, 2.05) is 0 Å². The standard InChI is InChI=1S/C16H16ClFN4O5S/c1-4-27-12(23)7-19-13(24)8-5-11(10(18)6-9(8)17)22-14(25)20(2)16(28)21(3)15(22)26/h5-6H,4,7H2,1-3H3,(H,19,24). The van der Waals surface area contributed by atoms with Crippen LogP contribution in [0.15, 0.2) is 21.7 Å². The molecule has 0 fully saturated rings. The number of carbonyl (C=O) groups is 2. The molecule has 0 bridgehead atoms. The van der Waals surface area contributed by atoms with Gasteiger partial charge < -0.3 is 10.1 Å². The third-order valence-corrected chi connectivity index (χ3v) is 4.61. The van der Waals surface area contributed by atoms with Gasteiger partial charge in [0, 0.05) is 14.1 Å². The zero-order valence-electron chi connectivity index (χ0n) is 15.1. The number of halogens is 2. The zero-order valence-corrected chi connectivity index (χ0v) is 16.7. The molecular weight excluding hydrogens is 415 g/mol. The van der Waals surface area contributed by atoms with E-state index in [-0.39, 0.29) is 22.0 Å². The van der Waals surface area contributed by atoms with E-state index in [9.17, 15) is 23.6 Å². The Morgan fingerprint density at radius 3 is 2.32 bits per heavy atom. The van der Waals surface area contributed by atoms with Crippen LogP contribution >= 0.6 is 23.8 Å². The predicted molar refractivity (Wildman–Crippen MR) is 101 cm³/mol. The van der Waals surface area contributed by atoms with Crippen LogP contribution in [0.5, 0.6) is 0 Å². The number of esters is 1. The van der Waals surface area contributed by atoms with Gasteiger partial charge in [0.15, 0.2) is 4.77 Å². The predicted octanol–water partition coefficient (Wildman–Crippen LogP) is 0.690. The van der Waals surface area contributed by atoms with E-state index in [4.69, 9.17) is 28.6 Å². The Hall–Kier alpha value is -2.79. The lowest BCUT2D eigenvalue weighted by Gasteiger charge is -2.13. The van der Waals surface area contributed by atoms with Gasteiger partial charge in [-0.3, -0.25) is 18.7 Å². The van der Waals surface area contributed by atoms with Crippen molar-refractivity contribution in [1.29, 1.82) is 0 Å². The molecule has 0 aliphatic rings. The summed E-state index contributed by atoms with van der Waals surface area (Å²) in [5, 5.41) is 2.00. The average Bonchev–Trinajstić information content (AvgIpc) is 2.64. The zero-order chi connectivity index (χ0) is 21.2. The Kier molecular flexibility index (Phi) is 6.52. The quantitative estimate of drug-likeness (QED) is 0.553. The van der Waals surface area contributed by atoms with Gasteiger partial charge in [-0.05, 0) is 31.3 Å². The van der Waals surface area contributed by atoms with Crippen LogP contribution in [-0.4, -0.2) is 38.7 Å². The monoisotopic (exact) mass is 430 g/mol. The van der Waals surface area contributed by atoms with Gasteiger partial charge in [-0.2, -0.15) is 0 Å². The van der Waals surface area contributed by atoms with Crippen molar-refractivity contribution in [2.45, 2.75) is 6.92 Å². The summed E-state index contributed by atoms with van der Waals surface area (Å²) in [4.78, 5) is 48.6. The molecule has 28 heavy (non-hydrogen) atoms. The van der Waals surface area contributed by atoms with Crippen molar-refractivity contribution >= 4 is 35.7 Å². The first-order valence-corrected chi connectivity index (χ1v) is 8.71. The van der Waals surface area contributed by atoms with Gasteiger partial charge >= 0.3 is 17.3 Å². The van der Waals surface area contributed by atoms with E-state index in [2.05, 4.69) is 5.32 Å². The second-order valence-electron chi connectivity index (χ2n) is 5.57. The van der Waals surface area contributed by atoms with Crippen molar-refractivity contribution in [1.82, 2.24) is 19.0 Å². The van der Waals surface area contributed by atoms with Crippen LogP contribution in [0.2, 0.25) is 5.02 Å². The molecule has 1 N–H and O–H groups in total. The Balaban J connectivity index is 2.58. The van der Waals surface area contributed by atoms with Crippen LogP contribution in [-0.2, 0) is 23.6 Å². The molecule has 1 heterocycles. The number of nitrogens with zero attached hydrogens (tertiary/aromatic N) is 3. The number of ether oxygens (including phenoxy) is 1. The van der Waals surface area contributed by atoms with Crippen LogP contribution in [0.3, 0.4) is 0 Å². The van der Waals surface area contributed by atoms with Gasteiger partial charge in [0.1, 0.15) is 12.4 Å². The highest BCUT2D eigenvalue weighted by Gasteiger charge is 2.20. The number of carbonyl (C=O) groups excluding carboxylic acids is 2. The Morgan fingerprint density at radius 1 is 1.21 bits per heavy atom. The largest absolute Gasteiger partial charge is 0.465 e. The summed E-state index contributed by atoms with van der Waals surface area (Å²) in [6.07, 6.45) is 0. The highest BCUT2D eigenvalue weighted by molar-refractivity contribution is 7.71. The van der Waals surface area contributed by atoms with Gasteiger partial charge in [-0.15, -0.1) is 0 Å². The summed E-state index contributed by atoms with van der Waals surface area (Å²) in [6.45, 7) is 1.31. The van der Waals surface area contributed by atoms with Gasteiger partial charge in [-0.25, -0.2) is 18.5 Å². The summed E-state index contributed by atoms with van der Waals surface area (Å²) in [5.41, 5.74) is -2.51. The molecule has 0 unspecified atom stereocenters. The molecule has 0 aliphatic heterocycles. The Bertz CT molecular complexity index is 1100. The number of hydrogen-bond acceptors (Lipinski definition) is 6. The lowest BCUT2D eigenvalue weighted by atomic mass is 10.1. The summed E-state index contributed by atoms with van der Waals surface area (Å²) < 4.78 is 21.6. The summed E-state index contributed by atoms with van der Waals surface area (Å²) in [7, 11) is 2.64. The van der Waals surface area contributed by atoms with Crippen molar-refractivity contribution in [2.24, 2.45) is 14.1 Å². The average molecular weight is 431 g/mol. The number of hydrogen-bond donors (Lipinski definition) is 1. The number of rotatable bonds is 5. The molecule has 2 rings (SSSR count). The molecule has 0 radical (unpaired) electrons. The van der Waals surface area contributed by atoms with Gasteiger partial charge in [0.05, 0.1) is 22.9 Å². The number of nitrogens with one attached hydrogen (secondary N) is 1. The van der Waals surface area contributed by atoms with Crippen molar-refractivity contribution in [2.75, 3.05) is 13.2 Å². The van der Waals surface area contributed by atoms with E-state index in [0.717, 1.165) is 21.3 Å². The summed E-state index contributed by atoms with van der Waals surface area (Å²) in [6, 6.07) is 1.74. The fourth-order valence-electron chi connectivity index (χ4n) is 2.32. The fourth-order valence-corrected chi connectivity index (χ4v) is 2.71. The first-order valence-electron chi connectivity index (χ1n) is 7.92. The van der Waals surface area contributed by atoms with Gasteiger partial charge in [0.2, 0.25) is 0 Å². The van der Waals surface area contributed by atoms with Gasteiger partial charge in [0.25, 0.3) is 5.91 Å². The number of amides is 1. The molecular formula is C16H16ClFN4O5S. The third-order valence-electron chi connectivity index (χ3n) is 3.75. The van der Waals surface area contributed by atoms with Crippen molar-refractivity contribution in [3.8, 4) is 5.69 Å². The highest BCUT2D eigenvalue weighted by Crippen LogP contribution is 2.22. The molecule has 150 valence electrons. The van der Waals surface area contributed by atoms with Gasteiger partial charge in [-0.1, -0.05) is 11.6 Å². The molecule has 0 spiro atoms. The number of benzene rings is 1. The molecule has 0 saturated carbocycles. The normalized spacial score (nSPS) is 10.6. The molecule has 12 heteroatoms. The van der Waals surface area contributed by atoms with Crippen LogP contribution in [0.1, 0.15) is 17.3 Å². The topological polar surface area (TPSA) is 104 Å². The van der Waals surface area contributed by atoms with E-state index in [1.165, 1.54) is 14.1 Å². The molecule has 1 aromatic heterocycles. The van der Waals surface area contributed by atoms with Crippen LogP contribution < -0.4 is 16.7 Å². The molecule has 0 aliphatic carbocycles. The summed E-state index contributed by atoms with van der Waals surface area (Å²) >= 11 is 10.9. The lowest BCUT2D eigenvalue weighted by Crippen LogP contribution is -2.44. The van der Waals surface area contributed by atoms with Crippen molar-refractivity contribution in [3.05, 3.63) is 54.3 Å².